The highest BCUT2D eigenvalue weighted by Crippen LogP contribution is 2.40. The third-order valence-electron chi connectivity index (χ3n) is 4.04. The molecule has 0 radical (unpaired) electrons. The maximum Gasteiger partial charge on any atom is 0.264 e. The van der Waals surface area contributed by atoms with Crippen LogP contribution in [-0.4, -0.2) is 22.1 Å². The maximum absolute atomic E-state index is 12.9. The van der Waals surface area contributed by atoms with Crippen LogP contribution in [-0.2, 0) is 20.4 Å². The zero-order valence-electron chi connectivity index (χ0n) is 12.3. The lowest BCUT2D eigenvalue weighted by Gasteiger charge is -2.41. The van der Waals surface area contributed by atoms with Gasteiger partial charge in [0.25, 0.3) is 10.0 Å². The van der Waals surface area contributed by atoms with E-state index in [1.165, 1.54) is 4.31 Å². The van der Waals surface area contributed by atoms with Gasteiger partial charge in [-0.2, -0.15) is 0 Å². The van der Waals surface area contributed by atoms with Crippen LogP contribution in [0.25, 0.3) is 0 Å². The molecule has 0 N–H and O–H groups in total. The Labute approximate surface area is 135 Å². The third kappa shape index (κ3) is 2.29. The molecule has 0 spiro atoms. The molecule has 2 aromatic rings. The lowest BCUT2D eigenvalue weighted by atomic mass is 9.95. The average Bonchev–Trinajstić information content (AvgIpc) is 2.52. The van der Waals surface area contributed by atoms with Crippen molar-refractivity contribution in [3.8, 4) is 0 Å². The molecular formula is C16H16ClNO3S. The van der Waals surface area contributed by atoms with Gasteiger partial charge in [-0.1, -0.05) is 29.8 Å². The van der Waals surface area contributed by atoms with Crippen molar-refractivity contribution in [2.24, 2.45) is 0 Å². The molecule has 0 aliphatic carbocycles. The first-order valence-electron chi connectivity index (χ1n) is 6.81. The number of methoxy groups -OCH3 is 1. The van der Waals surface area contributed by atoms with E-state index >= 15 is 0 Å². The minimum Gasteiger partial charge on any atom is -0.372 e. The first-order chi connectivity index (χ1) is 10.4. The Morgan fingerprint density at radius 2 is 1.77 bits per heavy atom. The molecule has 0 amide bonds. The molecule has 1 atom stereocenters. The smallest absolute Gasteiger partial charge is 0.264 e. The summed E-state index contributed by atoms with van der Waals surface area (Å²) in [6, 6.07) is 13.7. The lowest BCUT2D eigenvalue weighted by molar-refractivity contribution is 0.00679. The fourth-order valence-corrected chi connectivity index (χ4v) is 4.69. The molecule has 0 fully saturated rings. The monoisotopic (exact) mass is 337 g/mol. The summed E-state index contributed by atoms with van der Waals surface area (Å²) in [6.45, 7) is 2.11. The molecule has 0 saturated carbocycles. The zero-order chi connectivity index (χ0) is 16.0. The molecule has 116 valence electrons. The zero-order valence-corrected chi connectivity index (χ0v) is 13.9. The number of hydrogen-bond donors (Lipinski definition) is 0. The molecule has 1 unspecified atom stereocenters. The van der Waals surface area contributed by atoms with E-state index in [0.717, 1.165) is 0 Å². The average molecular weight is 338 g/mol. The molecule has 1 aliphatic heterocycles. The van der Waals surface area contributed by atoms with Crippen molar-refractivity contribution < 1.29 is 13.2 Å². The fourth-order valence-electron chi connectivity index (χ4n) is 2.70. The molecule has 4 nitrogen and oxygen atoms in total. The summed E-state index contributed by atoms with van der Waals surface area (Å²) < 4.78 is 32.9. The van der Waals surface area contributed by atoms with Crippen molar-refractivity contribution in [2.45, 2.75) is 17.4 Å². The Hall–Kier alpha value is -1.56. The highest BCUT2D eigenvalue weighted by molar-refractivity contribution is 7.93. The van der Waals surface area contributed by atoms with Gasteiger partial charge in [0.2, 0.25) is 0 Å². The summed E-state index contributed by atoms with van der Waals surface area (Å²) in [6.07, 6.45) is 0. The quantitative estimate of drug-likeness (QED) is 0.843. The van der Waals surface area contributed by atoms with Crippen molar-refractivity contribution in [1.82, 2.24) is 0 Å². The standard InChI is InChI=1S/C16H16ClNO3S/c1-16(21-2)11-18(13-9-7-12(17)8-10-13)22(19,20)15-6-4-3-5-14(15)16/h3-10H,11H2,1-2H3. The van der Waals surface area contributed by atoms with Gasteiger partial charge in [-0.05, 0) is 37.3 Å². The van der Waals surface area contributed by atoms with Gasteiger partial charge >= 0.3 is 0 Å². The number of anilines is 1. The van der Waals surface area contributed by atoms with Crippen LogP contribution in [0.2, 0.25) is 5.02 Å². The number of benzene rings is 2. The predicted octanol–water partition coefficient (Wildman–Crippen LogP) is 3.41. The number of nitrogens with zero attached hydrogens (tertiary/aromatic N) is 1. The van der Waals surface area contributed by atoms with Crippen molar-refractivity contribution >= 4 is 27.3 Å². The van der Waals surface area contributed by atoms with E-state index in [4.69, 9.17) is 16.3 Å². The molecule has 2 aromatic carbocycles. The van der Waals surface area contributed by atoms with Gasteiger partial charge in [0, 0.05) is 17.7 Å². The van der Waals surface area contributed by atoms with Crippen LogP contribution in [0.15, 0.2) is 53.4 Å². The van der Waals surface area contributed by atoms with Crippen LogP contribution in [0.3, 0.4) is 0 Å². The first kappa shape index (κ1) is 15.3. The summed E-state index contributed by atoms with van der Waals surface area (Å²) in [5, 5.41) is 0.563. The summed E-state index contributed by atoms with van der Waals surface area (Å²) in [4.78, 5) is 0.278. The number of hydrogen-bond acceptors (Lipinski definition) is 3. The predicted molar refractivity (Wildman–Crippen MR) is 86.8 cm³/mol. The van der Waals surface area contributed by atoms with E-state index in [9.17, 15) is 8.42 Å². The molecule has 0 bridgehead atoms. The second-order valence-electron chi connectivity index (χ2n) is 5.42. The number of sulfonamides is 1. The minimum atomic E-state index is -3.62. The first-order valence-corrected chi connectivity index (χ1v) is 8.63. The van der Waals surface area contributed by atoms with Gasteiger partial charge in [0.15, 0.2) is 0 Å². The highest BCUT2D eigenvalue weighted by atomic mass is 35.5. The molecule has 1 heterocycles. The van der Waals surface area contributed by atoms with Crippen LogP contribution < -0.4 is 4.31 Å². The largest absolute Gasteiger partial charge is 0.372 e. The molecule has 22 heavy (non-hydrogen) atoms. The van der Waals surface area contributed by atoms with E-state index in [1.54, 1.807) is 49.6 Å². The summed E-state index contributed by atoms with van der Waals surface area (Å²) in [5.74, 6) is 0. The Morgan fingerprint density at radius 3 is 2.41 bits per heavy atom. The number of halogens is 1. The van der Waals surface area contributed by atoms with E-state index < -0.39 is 15.6 Å². The number of fused-ring (bicyclic) bond motifs is 1. The Kier molecular flexibility index (Phi) is 3.67. The Morgan fingerprint density at radius 1 is 1.14 bits per heavy atom. The van der Waals surface area contributed by atoms with Gasteiger partial charge in [-0.25, -0.2) is 8.42 Å². The molecule has 1 aliphatic rings. The van der Waals surface area contributed by atoms with Gasteiger partial charge in [0.05, 0.1) is 17.1 Å². The number of rotatable bonds is 2. The normalized spacial score (nSPS) is 23.1. The van der Waals surface area contributed by atoms with Gasteiger partial charge in [-0.3, -0.25) is 4.31 Å². The Balaban J connectivity index is 2.21. The molecule has 6 heteroatoms. The second-order valence-corrected chi connectivity index (χ2v) is 7.69. The van der Waals surface area contributed by atoms with Crippen molar-refractivity contribution in [2.75, 3.05) is 18.0 Å². The molecule has 0 saturated heterocycles. The maximum atomic E-state index is 12.9. The van der Waals surface area contributed by atoms with Crippen molar-refractivity contribution in [3.63, 3.8) is 0 Å². The van der Waals surface area contributed by atoms with E-state index in [0.29, 0.717) is 16.3 Å². The van der Waals surface area contributed by atoms with E-state index in [2.05, 4.69) is 0 Å². The second kappa shape index (κ2) is 5.26. The summed E-state index contributed by atoms with van der Waals surface area (Å²) >= 11 is 5.89. The van der Waals surface area contributed by atoms with Crippen LogP contribution in [0.1, 0.15) is 12.5 Å². The van der Waals surface area contributed by atoms with Crippen LogP contribution in [0.5, 0.6) is 0 Å². The summed E-state index contributed by atoms with van der Waals surface area (Å²) in [7, 11) is -2.03. The summed E-state index contributed by atoms with van der Waals surface area (Å²) in [5.41, 5.74) is 0.548. The number of ether oxygens (including phenoxy) is 1. The van der Waals surface area contributed by atoms with Gasteiger partial charge in [0.1, 0.15) is 5.60 Å². The van der Waals surface area contributed by atoms with Crippen LogP contribution in [0, 0.1) is 0 Å². The van der Waals surface area contributed by atoms with Crippen LogP contribution in [0.4, 0.5) is 5.69 Å². The minimum absolute atomic E-state index is 0.213. The molecule has 3 rings (SSSR count). The van der Waals surface area contributed by atoms with Crippen molar-refractivity contribution in [3.05, 3.63) is 59.1 Å². The third-order valence-corrected chi connectivity index (χ3v) is 6.12. The topological polar surface area (TPSA) is 46.6 Å². The molecular weight excluding hydrogens is 322 g/mol. The Bertz CT molecular complexity index is 804. The highest BCUT2D eigenvalue weighted by Gasteiger charge is 2.43. The van der Waals surface area contributed by atoms with Gasteiger partial charge < -0.3 is 4.74 Å². The van der Waals surface area contributed by atoms with Gasteiger partial charge in [-0.15, -0.1) is 0 Å². The molecule has 0 aromatic heterocycles. The van der Waals surface area contributed by atoms with E-state index in [1.807, 2.05) is 13.0 Å². The fraction of sp³-hybridized carbons (Fsp3) is 0.250. The SMILES string of the molecule is COC1(C)CN(c2ccc(Cl)cc2)S(=O)(=O)c2ccccc21. The van der Waals surface area contributed by atoms with Crippen LogP contribution >= 0.6 is 11.6 Å². The van der Waals surface area contributed by atoms with E-state index in [-0.39, 0.29) is 11.4 Å². The van der Waals surface area contributed by atoms with Crippen molar-refractivity contribution in [1.29, 1.82) is 0 Å². The lowest BCUT2D eigenvalue weighted by Crippen LogP contribution is -2.48.